The lowest BCUT2D eigenvalue weighted by Gasteiger charge is -2.39. The van der Waals surface area contributed by atoms with Gasteiger partial charge in [-0.1, -0.05) is 12.8 Å². The van der Waals surface area contributed by atoms with Gasteiger partial charge in [0.1, 0.15) is 11.8 Å². The van der Waals surface area contributed by atoms with E-state index in [0.717, 1.165) is 12.8 Å². The number of nitrogens with zero attached hydrogens (tertiary/aromatic N) is 2. The molecule has 16 heavy (non-hydrogen) atoms. The molecule has 0 radical (unpaired) electrons. The van der Waals surface area contributed by atoms with Crippen molar-refractivity contribution in [1.29, 1.82) is 10.5 Å². The van der Waals surface area contributed by atoms with Gasteiger partial charge < -0.3 is 0 Å². The lowest BCUT2D eigenvalue weighted by molar-refractivity contribution is -0.144. The number of nitrogens with one attached hydrogen (secondary N) is 1. The predicted octanol–water partition coefficient (Wildman–Crippen LogP) is 0.483. The maximum absolute atomic E-state index is 11.6. The van der Waals surface area contributed by atoms with Gasteiger partial charge in [-0.15, -0.1) is 0 Å². The quantitative estimate of drug-likeness (QED) is 0.597. The molecule has 1 saturated heterocycles. The predicted molar refractivity (Wildman–Crippen MR) is 52.3 cm³/mol. The summed E-state index contributed by atoms with van der Waals surface area (Å²) in [4.78, 5) is 23.2. The van der Waals surface area contributed by atoms with Crippen LogP contribution < -0.4 is 5.32 Å². The van der Waals surface area contributed by atoms with E-state index in [4.69, 9.17) is 10.5 Å². The molecule has 2 amide bonds. The Morgan fingerprint density at radius 3 is 1.88 bits per heavy atom. The van der Waals surface area contributed by atoms with Crippen LogP contribution in [-0.2, 0) is 9.59 Å². The van der Waals surface area contributed by atoms with Crippen molar-refractivity contribution in [2.45, 2.75) is 25.7 Å². The number of amides is 2. The molecule has 1 spiro atoms. The van der Waals surface area contributed by atoms with Crippen LogP contribution in [0.3, 0.4) is 0 Å². The van der Waals surface area contributed by atoms with Crippen molar-refractivity contribution in [2.24, 2.45) is 17.3 Å². The average Bonchev–Trinajstić information content (AvgIpc) is 2.68. The van der Waals surface area contributed by atoms with Gasteiger partial charge in [0, 0.05) is 5.41 Å². The summed E-state index contributed by atoms with van der Waals surface area (Å²) in [7, 11) is 0. The number of piperidine rings is 1. The summed E-state index contributed by atoms with van der Waals surface area (Å²) in [6, 6.07) is 3.91. The van der Waals surface area contributed by atoms with E-state index in [9.17, 15) is 9.59 Å². The lowest BCUT2D eigenvalue weighted by atomic mass is 9.63. The van der Waals surface area contributed by atoms with Crippen LogP contribution in [0.4, 0.5) is 0 Å². The number of hydrogen-bond donors (Lipinski definition) is 1. The van der Waals surface area contributed by atoms with Crippen LogP contribution in [0.2, 0.25) is 0 Å². The Hall–Kier alpha value is -1.88. The number of imide groups is 1. The van der Waals surface area contributed by atoms with Crippen LogP contribution in [-0.4, -0.2) is 11.8 Å². The highest BCUT2D eigenvalue weighted by atomic mass is 16.2. The maximum Gasteiger partial charge on any atom is 0.244 e. The fraction of sp³-hybridized carbons (Fsp3) is 0.636. The van der Waals surface area contributed by atoms with Crippen LogP contribution in [0.15, 0.2) is 0 Å². The van der Waals surface area contributed by atoms with Crippen molar-refractivity contribution in [3.8, 4) is 12.1 Å². The van der Waals surface area contributed by atoms with Crippen molar-refractivity contribution in [1.82, 2.24) is 5.32 Å². The molecule has 0 aromatic rings. The van der Waals surface area contributed by atoms with Crippen molar-refractivity contribution < 1.29 is 9.59 Å². The highest BCUT2D eigenvalue weighted by Crippen LogP contribution is 2.51. The first kappa shape index (κ1) is 10.6. The summed E-state index contributed by atoms with van der Waals surface area (Å²) in [6.45, 7) is 0. The van der Waals surface area contributed by atoms with Gasteiger partial charge in [-0.2, -0.15) is 10.5 Å². The van der Waals surface area contributed by atoms with Gasteiger partial charge >= 0.3 is 0 Å². The molecule has 5 nitrogen and oxygen atoms in total. The van der Waals surface area contributed by atoms with Crippen LogP contribution in [0, 0.1) is 39.9 Å². The second-order valence-electron chi connectivity index (χ2n) is 4.42. The van der Waals surface area contributed by atoms with E-state index in [2.05, 4.69) is 5.32 Å². The number of carbonyl (C=O) groups is 2. The Labute approximate surface area is 93.0 Å². The van der Waals surface area contributed by atoms with Gasteiger partial charge in [0.2, 0.25) is 11.8 Å². The second kappa shape index (κ2) is 3.61. The van der Waals surface area contributed by atoms with Gasteiger partial charge in [0.15, 0.2) is 0 Å². The van der Waals surface area contributed by atoms with Crippen molar-refractivity contribution >= 4 is 11.8 Å². The molecule has 2 fully saturated rings. The van der Waals surface area contributed by atoms with E-state index in [1.54, 1.807) is 0 Å². The molecule has 82 valence electrons. The summed E-state index contributed by atoms with van der Waals surface area (Å²) in [5.41, 5.74) is -0.733. The highest BCUT2D eigenvalue weighted by Gasteiger charge is 2.57. The standard InChI is InChI=1S/C11H11N3O2/c12-5-7-9(15)14-10(16)8(6-13)11(7)3-1-2-4-11/h7-8H,1-4H2,(H,14,15,16)/t7-,8-/m0/s1. The zero-order valence-electron chi connectivity index (χ0n) is 8.69. The molecule has 1 aliphatic heterocycles. The molecular formula is C11H11N3O2. The van der Waals surface area contributed by atoms with Gasteiger partial charge in [0.05, 0.1) is 12.1 Å². The van der Waals surface area contributed by atoms with E-state index in [1.807, 2.05) is 12.1 Å². The molecule has 2 atom stereocenters. The number of carbonyl (C=O) groups excluding carboxylic acids is 2. The molecule has 0 aromatic carbocycles. The summed E-state index contributed by atoms with van der Waals surface area (Å²) >= 11 is 0. The van der Waals surface area contributed by atoms with Crippen LogP contribution in [0.25, 0.3) is 0 Å². The first-order chi connectivity index (χ1) is 7.65. The SMILES string of the molecule is N#C[C@H]1C(=O)NC(=O)[C@H](C#N)C12CCCC2. The minimum Gasteiger partial charge on any atom is -0.294 e. The van der Waals surface area contributed by atoms with E-state index < -0.39 is 29.1 Å². The van der Waals surface area contributed by atoms with Gasteiger partial charge in [-0.25, -0.2) is 0 Å². The molecule has 1 heterocycles. The molecule has 1 N–H and O–H groups in total. The molecule has 1 aliphatic carbocycles. The highest BCUT2D eigenvalue weighted by molar-refractivity contribution is 6.03. The van der Waals surface area contributed by atoms with E-state index in [-0.39, 0.29) is 0 Å². The van der Waals surface area contributed by atoms with Crippen molar-refractivity contribution in [3.63, 3.8) is 0 Å². The van der Waals surface area contributed by atoms with Gasteiger partial charge in [0.25, 0.3) is 0 Å². The van der Waals surface area contributed by atoms with Gasteiger partial charge in [-0.3, -0.25) is 14.9 Å². The van der Waals surface area contributed by atoms with Crippen LogP contribution in [0.5, 0.6) is 0 Å². The fourth-order valence-electron chi connectivity index (χ4n) is 2.94. The summed E-state index contributed by atoms with van der Waals surface area (Å²) in [5.74, 6) is -2.81. The summed E-state index contributed by atoms with van der Waals surface area (Å²) in [5, 5.41) is 20.2. The number of rotatable bonds is 0. The molecular weight excluding hydrogens is 206 g/mol. The molecule has 1 saturated carbocycles. The average molecular weight is 217 g/mol. The Bertz CT molecular complexity index is 389. The smallest absolute Gasteiger partial charge is 0.244 e. The first-order valence-electron chi connectivity index (χ1n) is 5.29. The zero-order valence-corrected chi connectivity index (χ0v) is 8.69. The Balaban J connectivity index is 2.48. The van der Waals surface area contributed by atoms with E-state index in [0.29, 0.717) is 12.8 Å². The van der Waals surface area contributed by atoms with Crippen molar-refractivity contribution in [3.05, 3.63) is 0 Å². The zero-order chi connectivity index (χ0) is 11.8. The van der Waals surface area contributed by atoms with Crippen molar-refractivity contribution in [2.75, 3.05) is 0 Å². The van der Waals surface area contributed by atoms with Crippen LogP contribution in [0.1, 0.15) is 25.7 Å². The minimum atomic E-state index is -0.864. The maximum atomic E-state index is 11.6. The third-order valence-electron chi connectivity index (χ3n) is 3.71. The lowest BCUT2D eigenvalue weighted by Crippen LogP contribution is -2.56. The first-order valence-corrected chi connectivity index (χ1v) is 5.29. The fourth-order valence-corrected chi connectivity index (χ4v) is 2.94. The normalized spacial score (nSPS) is 31.9. The molecule has 0 unspecified atom stereocenters. The van der Waals surface area contributed by atoms with E-state index >= 15 is 0 Å². The summed E-state index contributed by atoms with van der Waals surface area (Å²) < 4.78 is 0. The monoisotopic (exact) mass is 217 g/mol. The molecule has 2 rings (SSSR count). The Morgan fingerprint density at radius 1 is 1.06 bits per heavy atom. The third kappa shape index (κ3) is 1.22. The molecule has 2 aliphatic rings. The number of nitriles is 2. The minimum absolute atomic E-state index is 0.541. The topological polar surface area (TPSA) is 93.8 Å². The Kier molecular flexibility index (Phi) is 2.40. The molecule has 5 heteroatoms. The third-order valence-corrected chi connectivity index (χ3v) is 3.71. The second-order valence-corrected chi connectivity index (χ2v) is 4.42. The van der Waals surface area contributed by atoms with E-state index in [1.165, 1.54) is 0 Å². The Morgan fingerprint density at radius 2 is 1.50 bits per heavy atom. The number of hydrogen-bond acceptors (Lipinski definition) is 4. The molecule has 0 aromatic heterocycles. The van der Waals surface area contributed by atoms with Gasteiger partial charge in [-0.05, 0) is 12.8 Å². The van der Waals surface area contributed by atoms with Crippen LogP contribution >= 0.6 is 0 Å². The molecule has 0 bridgehead atoms. The largest absolute Gasteiger partial charge is 0.294 e. The summed E-state index contributed by atoms with van der Waals surface area (Å²) in [6.07, 6.45) is 2.97.